The first-order valence-corrected chi connectivity index (χ1v) is 7.82. The molecule has 0 aliphatic carbocycles. The maximum Gasteiger partial charge on any atom is 0.0666 e. The summed E-state index contributed by atoms with van der Waals surface area (Å²) in [4.78, 5) is 0. The minimum atomic E-state index is -0.876. The van der Waals surface area contributed by atoms with Crippen molar-refractivity contribution >= 4 is 0 Å². The minimum Gasteiger partial charge on any atom is -0.390 e. The van der Waals surface area contributed by atoms with Crippen LogP contribution in [-0.4, -0.2) is 16.2 Å². The molecule has 0 amide bonds. The molecule has 118 valence electrons. The van der Waals surface area contributed by atoms with Gasteiger partial charge in [0.05, 0.1) is 5.60 Å². The van der Waals surface area contributed by atoms with Gasteiger partial charge in [0.1, 0.15) is 0 Å². The Hall–Kier alpha value is -1.64. The average molecular weight is 297 g/mol. The van der Waals surface area contributed by atoms with Gasteiger partial charge in [-0.05, 0) is 38.8 Å². The summed E-state index contributed by atoms with van der Waals surface area (Å²) in [7, 11) is 0. The summed E-state index contributed by atoms with van der Waals surface area (Å²) in [5.41, 5.74) is 7.47. The van der Waals surface area contributed by atoms with Crippen LogP contribution >= 0.6 is 0 Å². The second-order valence-corrected chi connectivity index (χ2v) is 7.25. The fourth-order valence-corrected chi connectivity index (χ4v) is 3.38. The van der Waals surface area contributed by atoms with Crippen LogP contribution in [-0.2, 0) is 0 Å². The lowest BCUT2D eigenvalue weighted by Gasteiger charge is -2.43. The molecule has 0 aliphatic rings. The van der Waals surface area contributed by atoms with Crippen LogP contribution in [0, 0.1) is 0 Å². The van der Waals surface area contributed by atoms with E-state index in [9.17, 15) is 5.11 Å². The Morgan fingerprint density at radius 2 is 1.09 bits per heavy atom. The van der Waals surface area contributed by atoms with Gasteiger partial charge < -0.3 is 10.8 Å². The predicted octanol–water partition coefficient (Wildman–Crippen LogP) is 4.06. The van der Waals surface area contributed by atoms with Crippen LogP contribution in [0.5, 0.6) is 0 Å². The molecule has 3 N–H and O–H groups in total. The van der Waals surface area contributed by atoms with Crippen molar-refractivity contribution in [3.05, 3.63) is 71.8 Å². The lowest BCUT2D eigenvalue weighted by molar-refractivity contribution is 0.0301. The first-order valence-electron chi connectivity index (χ1n) is 7.82. The monoisotopic (exact) mass is 297 g/mol. The molecule has 0 aliphatic heterocycles. The van der Waals surface area contributed by atoms with E-state index in [1.54, 1.807) is 0 Å². The quantitative estimate of drug-likeness (QED) is 0.874. The Balaban J connectivity index is 2.60. The second-order valence-electron chi connectivity index (χ2n) is 7.25. The van der Waals surface area contributed by atoms with Gasteiger partial charge in [-0.1, -0.05) is 60.7 Å². The summed E-state index contributed by atoms with van der Waals surface area (Å²) >= 11 is 0. The van der Waals surface area contributed by atoms with Crippen molar-refractivity contribution in [3.63, 3.8) is 0 Å². The van der Waals surface area contributed by atoms with Gasteiger partial charge in [0, 0.05) is 17.4 Å². The van der Waals surface area contributed by atoms with Gasteiger partial charge in [-0.15, -0.1) is 0 Å². The van der Waals surface area contributed by atoms with Crippen molar-refractivity contribution < 1.29 is 5.11 Å². The molecule has 2 rings (SSSR count). The normalized spacial score (nSPS) is 15.4. The molecular formula is C20H27NO. The highest BCUT2D eigenvalue weighted by atomic mass is 16.3. The highest BCUT2D eigenvalue weighted by molar-refractivity contribution is 5.33. The predicted molar refractivity (Wildman–Crippen MR) is 92.9 cm³/mol. The molecule has 0 heterocycles. The smallest absolute Gasteiger partial charge is 0.0666 e. The van der Waals surface area contributed by atoms with E-state index in [1.165, 1.54) is 0 Å². The molecule has 0 fully saturated rings. The van der Waals surface area contributed by atoms with Crippen LogP contribution in [0.4, 0.5) is 0 Å². The lowest BCUT2D eigenvalue weighted by Crippen LogP contribution is -2.47. The highest BCUT2D eigenvalue weighted by Crippen LogP contribution is 2.45. The summed E-state index contributed by atoms with van der Waals surface area (Å²) < 4.78 is 0. The summed E-state index contributed by atoms with van der Waals surface area (Å²) in [6, 6.07) is 20.4. The summed E-state index contributed by atoms with van der Waals surface area (Å²) in [6.07, 6.45) is 0. The van der Waals surface area contributed by atoms with E-state index in [2.05, 4.69) is 24.3 Å². The van der Waals surface area contributed by atoms with Gasteiger partial charge in [-0.2, -0.15) is 0 Å². The van der Waals surface area contributed by atoms with Crippen molar-refractivity contribution in [3.8, 4) is 0 Å². The molecule has 0 saturated heterocycles. The Bertz CT molecular complexity index is 523. The van der Waals surface area contributed by atoms with E-state index in [-0.39, 0.29) is 11.8 Å². The van der Waals surface area contributed by atoms with E-state index < -0.39 is 11.1 Å². The van der Waals surface area contributed by atoms with E-state index in [0.717, 1.165) is 11.1 Å². The van der Waals surface area contributed by atoms with Crippen LogP contribution in [0.15, 0.2) is 60.7 Å². The first kappa shape index (κ1) is 16.7. The number of hydrogen-bond donors (Lipinski definition) is 2. The third-order valence-corrected chi connectivity index (χ3v) is 4.21. The molecular weight excluding hydrogens is 270 g/mol. The van der Waals surface area contributed by atoms with Crippen LogP contribution < -0.4 is 5.73 Å². The number of rotatable bonds is 5. The van der Waals surface area contributed by atoms with E-state index in [4.69, 9.17) is 5.73 Å². The van der Waals surface area contributed by atoms with Gasteiger partial charge >= 0.3 is 0 Å². The van der Waals surface area contributed by atoms with Crippen molar-refractivity contribution in [2.45, 2.75) is 50.7 Å². The van der Waals surface area contributed by atoms with Crippen molar-refractivity contribution in [2.24, 2.45) is 5.73 Å². The Morgan fingerprint density at radius 3 is 1.41 bits per heavy atom. The maximum atomic E-state index is 10.9. The molecule has 1 unspecified atom stereocenters. The molecule has 2 nitrogen and oxygen atoms in total. The molecule has 0 saturated carbocycles. The molecule has 2 heteroatoms. The zero-order valence-corrected chi connectivity index (χ0v) is 14.0. The fraction of sp³-hybridized carbons (Fsp3) is 0.400. The lowest BCUT2D eigenvalue weighted by atomic mass is 9.66. The summed E-state index contributed by atoms with van der Waals surface area (Å²) in [6.45, 7) is 7.80. The molecule has 0 spiro atoms. The van der Waals surface area contributed by atoms with Crippen molar-refractivity contribution in [1.82, 2.24) is 0 Å². The number of aliphatic hydroxyl groups is 1. The Morgan fingerprint density at radius 1 is 0.727 bits per heavy atom. The van der Waals surface area contributed by atoms with E-state index in [0.29, 0.717) is 0 Å². The zero-order valence-electron chi connectivity index (χ0n) is 14.0. The van der Waals surface area contributed by atoms with Crippen LogP contribution in [0.1, 0.15) is 50.7 Å². The van der Waals surface area contributed by atoms with Gasteiger partial charge in [0.25, 0.3) is 0 Å². The Labute approximate surface area is 134 Å². The first-order chi connectivity index (χ1) is 10.2. The third-order valence-electron chi connectivity index (χ3n) is 4.21. The molecule has 0 aromatic heterocycles. The van der Waals surface area contributed by atoms with Crippen molar-refractivity contribution in [1.29, 1.82) is 0 Å². The highest BCUT2D eigenvalue weighted by Gasteiger charge is 2.42. The summed E-state index contributed by atoms with van der Waals surface area (Å²) in [5.74, 6) is -0.0767. The van der Waals surface area contributed by atoms with E-state index >= 15 is 0 Å². The van der Waals surface area contributed by atoms with Gasteiger partial charge in [0.15, 0.2) is 0 Å². The number of benzene rings is 2. The standard InChI is InChI=1S/C20H27NO/c1-19(2,21)17(15-11-7-5-8-12-15)18(20(3,4)22)16-13-9-6-10-14-16/h5-14,17-18,22H,21H2,1-4H3/t17-,18?/m0/s1. The van der Waals surface area contributed by atoms with E-state index in [1.807, 2.05) is 64.1 Å². The second kappa shape index (κ2) is 6.23. The summed E-state index contributed by atoms with van der Waals surface area (Å²) in [5, 5.41) is 10.9. The molecule has 0 radical (unpaired) electrons. The molecule has 0 bridgehead atoms. The van der Waals surface area contributed by atoms with Gasteiger partial charge in [0.2, 0.25) is 0 Å². The largest absolute Gasteiger partial charge is 0.390 e. The van der Waals surface area contributed by atoms with Gasteiger partial charge in [-0.3, -0.25) is 0 Å². The SMILES string of the molecule is CC(C)(O)C(c1ccccc1)[C@H](c1ccccc1)C(C)(C)N. The molecule has 2 atom stereocenters. The maximum absolute atomic E-state index is 10.9. The number of nitrogens with two attached hydrogens (primary N) is 1. The third kappa shape index (κ3) is 3.76. The zero-order chi connectivity index (χ0) is 16.4. The molecule has 2 aromatic rings. The van der Waals surface area contributed by atoms with Crippen molar-refractivity contribution in [2.75, 3.05) is 0 Å². The fourth-order valence-electron chi connectivity index (χ4n) is 3.38. The van der Waals surface area contributed by atoms with Crippen LogP contribution in [0.3, 0.4) is 0 Å². The topological polar surface area (TPSA) is 46.2 Å². The average Bonchev–Trinajstić information content (AvgIpc) is 2.44. The van der Waals surface area contributed by atoms with Crippen LogP contribution in [0.25, 0.3) is 0 Å². The van der Waals surface area contributed by atoms with Crippen LogP contribution in [0.2, 0.25) is 0 Å². The minimum absolute atomic E-state index is 0.0103. The molecule has 2 aromatic carbocycles. The number of hydrogen-bond acceptors (Lipinski definition) is 2. The Kier molecular flexibility index (Phi) is 4.74. The van der Waals surface area contributed by atoms with Gasteiger partial charge in [-0.25, -0.2) is 0 Å². The molecule has 22 heavy (non-hydrogen) atoms.